The van der Waals surface area contributed by atoms with Crippen molar-refractivity contribution in [3.05, 3.63) is 10.6 Å². The molecular formula is C10H15N3O3S. The van der Waals surface area contributed by atoms with Gasteiger partial charge in [0.1, 0.15) is 10.4 Å². The van der Waals surface area contributed by atoms with Crippen molar-refractivity contribution in [1.29, 1.82) is 0 Å². The molecule has 7 heteroatoms. The molecule has 1 aromatic rings. The number of likely N-dealkylation sites (N-methyl/N-ethyl adjacent to an activating group) is 1. The third kappa shape index (κ3) is 2.44. The molecule has 0 saturated carbocycles. The maximum absolute atomic E-state index is 12.1. The van der Waals surface area contributed by atoms with Crippen molar-refractivity contribution in [3.8, 4) is 0 Å². The van der Waals surface area contributed by atoms with E-state index in [0.29, 0.717) is 17.0 Å². The molecule has 0 bridgehead atoms. The minimum atomic E-state index is -1.26. The molecule has 1 amide bonds. The van der Waals surface area contributed by atoms with Crippen molar-refractivity contribution >= 4 is 23.4 Å². The molecule has 1 N–H and O–H groups in total. The average molecular weight is 257 g/mol. The fourth-order valence-corrected chi connectivity index (χ4v) is 1.88. The monoisotopic (exact) mass is 257 g/mol. The lowest BCUT2D eigenvalue weighted by molar-refractivity contribution is -0.147. The lowest BCUT2D eigenvalue weighted by Crippen LogP contribution is -2.50. The molecule has 0 aliphatic rings. The van der Waals surface area contributed by atoms with E-state index in [-0.39, 0.29) is 5.91 Å². The number of nitrogens with zero attached hydrogens (tertiary/aromatic N) is 3. The van der Waals surface area contributed by atoms with Crippen molar-refractivity contribution in [2.24, 2.45) is 0 Å². The molecule has 94 valence electrons. The molecule has 0 aliphatic heterocycles. The van der Waals surface area contributed by atoms with Gasteiger partial charge in [0, 0.05) is 7.05 Å². The van der Waals surface area contributed by atoms with Gasteiger partial charge in [-0.2, -0.15) is 0 Å². The van der Waals surface area contributed by atoms with Crippen LogP contribution in [0.5, 0.6) is 0 Å². The van der Waals surface area contributed by atoms with Gasteiger partial charge in [-0.25, -0.2) is 4.79 Å². The Morgan fingerprint density at radius 2 is 2.06 bits per heavy atom. The van der Waals surface area contributed by atoms with E-state index in [1.54, 1.807) is 0 Å². The number of aromatic nitrogens is 2. The van der Waals surface area contributed by atoms with Gasteiger partial charge in [0.15, 0.2) is 0 Å². The zero-order valence-corrected chi connectivity index (χ0v) is 11.0. The Bertz CT molecular complexity index is 442. The largest absolute Gasteiger partial charge is 0.480 e. The molecule has 17 heavy (non-hydrogen) atoms. The van der Waals surface area contributed by atoms with Gasteiger partial charge in [0.05, 0.1) is 5.69 Å². The summed E-state index contributed by atoms with van der Waals surface area (Å²) < 4.78 is 3.72. The highest BCUT2D eigenvalue weighted by Gasteiger charge is 2.36. The topological polar surface area (TPSA) is 83.4 Å². The van der Waals surface area contributed by atoms with Crippen LogP contribution in [0.4, 0.5) is 0 Å². The fraction of sp³-hybridized carbons (Fsp3) is 0.600. The molecule has 0 fully saturated rings. The summed E-state index contributed by atoms with van der Waals surface area (Å²) in [7, 11) is 1.47. The predicted octanol–water partition coefficient (Wildman–Crippen LogP) is 1.04. The van der Waals surface area contributed by atoms with Gasteiger partial charge in [-0.1, -0.05) is 11.4 Å². The third-order valence-corrected chi connectivity index (χ3v) is 3.51. The molecule has 0 unspecified atom stereocenters. The maximum Gasteiger partial charge on any atom is 0.329 e. The molecule has 0 aliphatic carbocycles. The molecule has 6 nitrogen and oxygen atoms in total. The van der Waals surface area contributed by atoms with Crippen LogP contribution in [0.3, 0.4) is 0 Å². The zero-order chi connectivity index (χ0) is 13.2. The number of hydrogen-bond donors (Lipinski definition) is 1. The highest BCUT2D eigenvalue weighted by atomic mass is 32.1. The summed E-state index contributed by atoms with van der Waals surface area (Å²) in [6.45, 7) is 4.83. The van der Waals surface area contributed by atoms with Crippen LogP contribution >= 0.6 is 11.5 Å². The molecule has 0 saturated heterocycles. The van der Waals surface area contributed by atoms with E-state index in [1.807, 2.05) is 6.92 Å². The van der Waals surface area contributed by atoms with E-state index < -0.39 is 11.5 Å². The third-order valence-electron chi connectivity index (χ3n) is 2.75. The van der Waals surface area contributed by atoms with Crippen molar-refractivity contribution < 1.29 is 14.7 Å². The fourth-order valence-electron chi connectivity index (χ4n) is 1.15. The van der Waals surface area contributed by atoms with Crippen LogP contribution in [0.2, 0.25) is 0 Å². The summed E-state index contributed by atoms with van der Waals surface area (Å²) in [6.07, 6.45) is 0.596. The van der Waals surface area contributed by atoms with Gasteiger partial charge in [-0.15, -0.1) is 5.10 Å². The molecule has 1 rings (SSSR count). The minimum absolute atomic E-state index is 0.357. The van der Waals surface area contributed by atoms with Crippen molar-refractivity contribution in [2.75, 3.05) is 7.05 Å². The molecule has 0 aromatic carbocycles. The smallest absolute Gasteiger partial charge is 0.329 e. The van der Waals surface area contributed by atoms with Crippen LogP contribution < -0.4 is 0 Å². The minimum Gasteiger partial charge on any atom is -0.480 e. The molecule has 0 spiro atoms. The number of carboxylic acid groups (broad SMARTS) is 1. The molecule has 1 aromatic heterocycles. The summed E-state index contributed by atoms with van der Waals surface area (Å²) in [6, 6.07) is 0. The number of carbonyl (C=O) groups excluding carboxylic acids is 1. The van der Waals surface area contributed by atoms with Gasteiger partial charge >= 0.3 is 5.97 Å². The Labute approximate surface area is 103 Å². The van der Waals surface area contributed by atoms with Crippen molar-refractivity contribution in [2.45, 2.75) is 32.7 Å². The van der Waals surface area contributed by atoms with E-state index in [1.165, 1.54) is 25.8 Å². The van der Waals surface area contributed by atoms with E-state index in [9.17, 15) is 9.59 Å². The quantitative estimate of drug-likeness (QED) is 0.871. The second-order valence-electron chi connectivity index (χ2n) is 4.13. The van der Waals surface area contributed by atoms with Gasteiger partial charge in [-0.05, 0) is 31.8 Å². The summed E-state index contributed by atoms with van der Waals surface area (Å²) in [5.74, 6) is -1.41. The van der Waals surface area contributed by atoms with E-state index in [2.05, 4.69) is 9.59 Å². The first-order valence-corrected chi connectivity index (χ1v) is 5.92. The van der Waals surface area contributed by atoms with E-state index in [4.69, 9.17) is 5.11 Å². The van der Waals surface area contributed by atoms with Crippen LogP contribution in [0.25, 0.3) is 0 Å². The van der Waals surface area contributed by atoms with Crippen LogP contribution in [0.15, 0.2) is 0 Å². The number of carbonyl (C=O) groups is 2. The maximum atomic E-state index is 12.1. The first-order chi connectivity index (χ1) is 7.82. The second-order valence-corrected chi connectivity index (χ2v) is 4.88. The number of amides is 1. The SMILES string of the molecule is CCc1nnsc1C(=O)N(C)C(C)(C)C(=O)O. The number of rotatable bonds is 4. The molecule has 0 atom stereocenters. The lowest BCUT2D eigenvalue weighted by Gasteiger charge is -2.31. The number of aliphatic carboxylic acids is 1. The van der Waals surface area contributed by atoms with Crippen LogP contribution in [-0.4, -0.2) is 44.1 Å². The Hall–Kier alpha value is -1.50. The Balaban J connectivity index is 3.02. The molecule has 1 heterocycles. The van der Waals surface area contributed by atoms with Gasteiger partial charge in [0.25, 0.3) is 5.91 Å². The highest BCUT2D eigenvalue weighted by molar-refractivity contribution is 7.08. The van der Waals surface area contributed by atoms with Crippen LogP contribution in [0, 0.1) is 0 Å². The normalized spacial score (nSPS) is 11.3. The highest BCUT2D eigenvalue weighted by Crippen LogP contribution is 2.20. The van der Waals surface area contributed by atoms with Crippen molar-refractivity contribution in [1.82, 2.24) is 14.5 Å². The summed E-state index contributed by atoms with van der Waals surface area (Å²) in [4.78, 5) is 24.8. The zero-order valence-electron chi connectivity index (χ0n) is 10.2. The standard InChI is InChI=1S/C10H15N3O3S/c1-5-6-7(17-12-11-6)8(14)13(4)10(2,3)9(15)16/h5H2,1-4H3,(H,15,16). The van der Waals surface area contributed by atoms with E-state index >= 15 is 0 Å². The summed E-state index contributed by atoms with van der Waals surface area (Å²) in [5.41, 5.74) is -0.653. The van der Waals surface area contributed by atoms with Gasteiger partial charge in [0.2, 0.25) is 0 Å². The van der Waals surface area contributed by atoms with Crippen LogP contribution in [0.1, 0.15) is 36.1 Å². The van der Waals surface area contributed by atoms with Gasteiger partial charge < -0.3 is 10.0 Å². The molecule has 0 radical (unpaired) electrons. The Morgan fingerprint density at radius 3 is 2.53 bits per heavy atom. The number of carboxylic acids is 1. The molecular weight excluding hydrogens is 242 g/mol. The second kappa shape index (κ2) is 4.79. The number of hydrogen-bond acceptors (Lipinski definition) is 5. The first-order valence-electron chi connectivity index (χ1n) is 5.15. The lowest BCUT2D eigenvalue weighted by atomic mass is 10.0. The first kappa shape index (κ1) is 13.6. The summed E-state index contributed by atoms with van der Waals surface area (Å²) in [5, 5.41) is 12.9. The summed E-state index contributed by atoms with van der Waals surface area (Å²) >= 11 is 0.993. The van der Waals surface area contributed by atoms with Crippen molar-refractivity contribution in [3.63, 3.8) is 0 Å². The predicted molar refractivity (Wildman–Crippen MR) is 63.1 cm³/mol. The van der Waals surface area contributed by atoms with E-state index in [0.717, 1.165) is 11.5 Å². The average Bonchev–Trinajstić information content (AvgIpc) is 2.74. The van der Waals surface area contributed by atoms with Crippen LogP contribution in [-0.2, 0) is 11.2 Å². The number of aryl methyl sites for hydroxylation is 1. The Morgan fingerprint density at radius 1 is 1.47 bits per heavy atom. The Kier molecular flexibility index (Phi) is 3.82. The van der Waals surface area contributed by atoms with Gasteiger partial charge in [-0.3, -0.25) is 4.79 Å².